The summed E-state index contributed by atoms with van der Waals surface area (Å²) in [4.78, 5) is 0. The quantitative estimate of drug-likeness (QED) is 0.221. The van der Waals surface area contributed by atoms with Crippen molar-refractivity contribution in [3.05, 3.63) is 114 Å². The summed E-state index contributed by atoms with van der Waals surface area (Å²) in [5.41, 5.74) is 9.37. The summed E-state index contributed by atoms with van der Waals surface area (Å²) < 4.78 is 24.2. The van der Waals surface area contributed by atoms with Crippen molar-refractivity contribution >= 4 is 21.9 Å². The van der Waals surface area contributed by atoms with E-state index in [-0.39, 0.29) is 11.2 Å². The van der Waals surface area contributed by atoms with Gasteiger partial charge in [-0.3, -0.25) is 0 Å². The van der Waals surface area contributed by atoms with E-state index in [1.54, 1.807) is 6.07 Å². The molecule has 0 saturated heterocycles. The van der Waals surface area contributed by atoms with Crippen molar-refractivity contribution < 1.29 is 13.4 Å². The maximum atomic E-state index is 15.6. The average Bonchev–Trinajstić information content (AvgIpc) is 3.27. The minimum atomic E-state index is -0.291. The molecule has 0 aliphatic carbocycles. The van der Waals surface area contributed by atoms with Gasteiger partial charge in [0.1, 0.15) is 24.0 Å². The zero-order valence-electron chi connectivity index (χ0n) is 22.5. The lowest BCUT2D eigenvalue weighted by atomic mass is 9.86. The van der Waals surface area contributed by atoms with Crippen molar-refractivity contribution in [3.63, 3.8) is 0 Å². The Balaban J connectivity index is 1.55. The molecule has 0 spiro atoms. The molecule has 188 valence electrons. The van der Waals surface area contributed by atoms with Crippen molar-refractivity contribution in [1.82, 2.24) is 0 Å². The van der Waals surface area contributed by atoms with E-state index in [9.17, 15) is 0 Å². The first-order valence-corrected chi connectivity index (χ1v) is 13.0. The van der Waals surface area contributed by atoms with E-state index in [0.717, 1.165) is 49.9 Å². The van der Waals surface area contributed by atoms with Gasteiger partial charge in [-0.2, -0.15) is 0 Å². The molecule has 6 rings (SSSR count). The SMILES string of the molecule is Cc1ccc2c(oc3c(-c4cccc(-c5ccc(C(C)(C)C)cc5)c4)c(F)ccc32)c1-c1cccc[n+]1C. The third kappa shape index (κ3) is 3.99. The van der Waals surface area contributed by atoms with Crippen LogP contribution in [0.2, 0.25) is 0 Å². The first-order chi connectivity index (χ1) is 18.2. The highest BCUT2D eigenvalue weighted by atomic mass is 19.1. The maximum Gasteiger partial charge on any atom is 0.216 e. The van der Waals surface area contributed by atoms with Gasteiger partial charge in [0.05, 0.1) is 11.1 Å². The number of benzene rings is 4. The molecule has 2 aromatic heterocycles. The number of rotatable bonds is 3. The zero-order chi connectivity index (χ0) is 26.6. The van der Waals surface area contributed by atoms with E-state index in [1.807, 2.05) is 43.6 Å². The van der Waals surface area contributed by atoms with Crippen molar-refractivity contribution in [3.8, 4) is 33.5 Å². The van der Waals surface area contributed by atoms with Crippen molar-refractivity contribution in [2.24, 2.45) is 7.05 Å². The van der Waals surface area contributed by atoms with Gasteiger partial charge < -0.3 is 4.42 Å². The number of pyridine rings is 1. The highest BCUT2D eigenvalue weighted by molar-refractivity contribution is 6.13. The van der Waals surface area contributed by atoms with E-state index in [4.69, 9.17) is 4.42 Å². The van der Waals surface area contributed by atoms with Crippen LogP contribution in [0.3, 0.4) is 0 Å². The smallest absolute Gasteiger partial charge is 0.216 e. The molecular weight excluding hydrogens is 469 g/mol. The highest BCUT2D eigenvalue weighted by Crippen LogP contribution is 2.42. The predicted molar refractivity (Wildman–Crippen MR) is 155 cm³/mol. The summed E-state index contributed by atoms with van der Waals surface area (Å²) in [5.74, 6) is -0.291. The lowest BCUT2D eigenvalue weighted by Gasteiger charge is -2.19. The number of aryl methyl sites for hydroxylation is 2. The van der Waals surface area contributed by atoms with Crippen molar-refractivity contribution in [1.29, 1.82) is 0 Å². The Kier molecular flexibility index (Phi) is 5.68. The monoisotopic (exact) mass is 500 g/mol. The topological polar surface area (TPSA) is 17.0 Å². The van der Waals surface area contributed by atoms with Crippen molar-refractivity contribution in [2.75, 3.05) is 0 Å². The van der Waals surface area contributed by atoms with Crippen LogP contribution < -0.4 is 4.57 Å². The lowest BCUT2D eigenvalue weighted by molar-refractivity contribution is -0.660. The first kappa shape index (κ1) is 24.1. The molecule has 0 N–H and O–H groups in total. The van der Waals surface area contributed by atoms with Gasteiger partial charge >= 0.3 is 0 Å². The van der Waals surface area contributed by atoms with Crippen molar-refractivity contribution in [2.45, 2.75) is 33.1 Å². The normalized spacial score (nSPS) is 11.9. The van der Waals surface area contributed by atoms with E-state index in [2.05, 4.69) is 86.9 Å². The molecule has 3 heteroatoms. The lowest BCUT2D eigenvalue weighted by Crippen LogP contribution is -2.30. The van der Waals surface area contributed by atoms with Crippen LogP contribution in [0.4, 0.5) is 4.39 Å². The van der Waals surface area contributed by atoms with E-state index in [0.29, 0.717) is 11.1 Å². The third-order valence-electron chi connectivity index (χ3n) is 7.51. The number of halogens is 1. The standard InChI is InChI=1S/C35H31FNO/c1-22-12-17-27-28-18-19-29(36)32(34(28)38-33(27)31(22)30-11-6-7-20-37(30)5)25-10-8-9-24(21-25)23-13-15-26(16-14-23)35(2,3)4/h6-21H,1-5H3/q+1. The van der Waals surface area contributed by atoms with Gasteiger partial charge in [-0.15, -0.1) is 0 Å². The number of furan rings is 1. The Bertz CT molecular complexity index is 1820. The van der Waals surface area contributed by atoms with Crippen LogP contribution in [-0.2, 0) is 12.5 Å². The number of fused-ring (bicyclic) bond motifs is 3. The molecule has 0 atom stereocenters. The van der Waals surface area contributed by atoms with Gasteiger partial charge in [0.15, 0.2) is 6.20 Å². The van der Waals surface area contributed by atoms with Gasteiger partial charge in [-0.25, -0.2) is 8.96 Å². The fraction of sp³-hybridized carbons (Fsp3) is 0.171. The molecule has 6 aromatic rings. The second kappa shape index (κ2) is 8.95. The molecule has 0 radical (unpaired) electrons. The average molecular weight is 501 g/mol. The molecule has 38 heavy (non-hydrogen) atoms. The Labute approximate surface area is 223 Å². The molecule has 4 aromatic carbocycles. The van der Waals surface area contributed by atoms with Crippen LogP contribution >= 0.6 is 0 Å². The molecule has 0 amide bonds. The summed E-state index contributed by atoms with van der Waals surface area (Å²) >= 11 is 0. The fourth-order valence-corrected chi connectivity index (χ4v) is 5.37. The summed E-state index contributed by atoms with van der Waals surface area (Å²) in [5, 5.41) is 1.90. The second-order valence-corrected chi connectivity index (χ2v) is 11.1. The molecule has 2 heterocycles. The summed E-state index contributed by atoms with van der Waals surface area (Å²) in [7, 11) is 2.03. The van der Waals surface area contributed by atoms with Gasteiger partial charge in [0.25, 0.3) is 0 Å². The second-order valence-electron chi connectivity index (χ2n) is 11.1. The van der Waals surface area contributed by atoms with E-state index in [1.165, 1.54) is 5.56 Å². The minimum absolute atomic E-state index is 0.0917. The van der Waals surface area contributed by atoms with Gasteiger partial charge in [-0.05, 0) is 64.4 Å². The van der Waals surface area contributed by atoms with Crippen LogP contribution in [-0.4, -0.2) is 0 Å². The first-order valence-electron chi connectivity index (χ1n) is 13.0. The number of hydrogen-bond acceptors (Lipinski definition) is 1. The van der Waals surface area contributed by atoms with Crippen LogP contribution in [0.15, 0.2) is 102 Å². The minimum Gasteiger partial charge on any atom is -0.454 e. The van der Waals surface area contributed by atoms with Crippen LogP contribution in [0.5, 0.6) is 0 Å². The van der Waals surface area contributed by atoms with Crippen LogP contribution in [0, 0.1) is 12.7 Å². The van der Waals surface area contributed by atoms with Gasteiger partial charge in [0.2, 0.25) is 5.69 Å². The van der Waals surface area contributed by atoms with E-state index < -0.39 is 0 Å². The molecule has 0 unspecified atom stereocenters. The fourth-order valence-electron chi connectivity index (χ4n) is 5.37. The molecule has 0 bridgehead atoms. The molecular formula is C35H31FNO+. The Morgan fingerprint density at radius 1 is 0.684 bits per heavy atom. The predicted octanol–water partition coefficient (Wildman–Crippen LogP) is 9.16. The largest absolute Gasteiger partial charge is 0.454 e. The number of hydrogen-bond donors (Lipinski definition) is 0. The third-order valence-corrected chi connectivity index (χ3v) is 7.51. The molecule has 0 fully saturated rings. The molecule has 0 aliphatic rings. The molecule has 2 nitrogen and oxygen atoms in total. The maximum absolute atomic E-state index is 15.6. The summed E-state index contributed by atoms with van der Waals surface area (Å²) in [6, 6.07) is 30.4. The van der Waals surface area contributed by atoms with Gasteiger partial charge in [0, 0.05) is 22.9 Å². The van der Waals surface area contributed by atoms with Crippen LogP contribution in [0.25, 0.3) is 55.4 Å². The van der Waals surface area contributed by atoms with Gasteiger partial charge in [-0.1, -0.05) is 75.4 Å². The Morgan fingerprint density at radius 3 is 2.08 bits per heavy atom. The highest BCUT2D eigenvalue weighted by Gasteiger charge is 2.23. The van der Waals surface area contributed by atoms with E-state index >= 15 is 4.39 Å². The Morgan fingerprint density at radius 2 is 1.37 bits per heavy atom. The van der Waals surface area contributed by atoms with Crippen LogP contribution in [0.1, 0.15) is 31.9 Å². The summed E-state index contributed by atoms with van der Waals surface area (Å²) in [6.45, 7) is 8.73. The molecule has 0 aliphatic heterocycles. The Hall–Kier alpha value is -4.24. The number of aromatic nitrogens is 1. The number of nitrogens with zero attached hydrogens (tertiary/aromatic N) is 1. The zero-order valence-corrected chi connectivity index (χ0v) is 22.5. The summed E-state index contributed by atoms with van der Waals surface area (Å²) in [6.07, 6.45) is 2.03. The molecule has 0 saturated carbocycles.